The summed E-state index contributed by atoms with van der Waals surface area (Å²) < 4.78 is 6.21. The number of para-hydroxylation sites is 2. The molecule has 3 heteroatoms. The maximum absolute atomic E-state index is 6.21. The van der Waals surface area contributed by atoms with Crippen LogP contribution in [0.25, 0.3) is 0 Å². The Morgan fingerprint density at radius 1 is 0.958 bits per heavy atom. The molecular weight excluding hydrogens is 296 g/mol. The zero-order valence-corrected chi connectivity index (χ0v) is 14.4. The van der Waals surface area contributed by atoms with E-state index in [1.54, 1.807) is 0 Å². The number of nitrogens with zero attached hydrogens (tertiary/aromatic N) is 2. The highest BCUT2D eigenvalue weighted by atomic mass is 16.5. The number of hydrogen-bond donors (Lipinski definition) is 0. The van der Waals surface area contributed by atoms with E-state index in [0.29, 0.717) is 6.10 Å². The van der Waals surface area contributed by atoms with E-state index >= 15 is 0 Å². The molecule has 2 aliphatic heterocycles. The van der Waals surface area contributed by atoms with Crippen molar-refractivity contribution < 1.29 is 4.74 Å². The van der Waals surface area contributed by atoms with Gasteiger partial charge < -0.3 is 9.64 Å². The molecule has 1 unspecified atom stereocenters. The number of benzene rings is 2. The van der Waals surface area contributed by atoms with Gasteiger partial charge in [-0.3, -0.25) is 4.90 Å². The molecule has 2 aromatic carbocycles. The van der Waals surface area contributed by atoms with Crippen LogP contribution in [0, 0.1) is 6.92 Å². The SMILES string of the molecule is Cc1ccccc1N1CCN(CC2CCc3ccccc3O2)CC1. The number of hydrogen-bond acceptors (Lipinski definition) is 3. The molecule has 2 aliphatic rings. The molecule has 1 atom stereocenters. The first-order chi connectivity index (χ1) is 11.8. The van der Waals surface area contributed by atoms with Crippen LogP contribution in [-0.4, -0.2) is 43.7 Å². The summed E-state index contributed by atoms with van der Waals surface area (Å²) in [5, 5.41) is 0. The largest absolute Gasteiger partial charge is 0.489 e. The number of piperazine rings is 1. The number of anilines is 1. The molecule has 0 aromatic heterocycles. The van der Waals surface area contributed by atoms with E-state index in [9.17, 15) is 0 Å². The van der Waals surface area contributed by atoms with Crippen LogP contribution in [0.1, 0.15) is 17.5 Å². The van der Waals surface area contributed by atoms with Gasteiger partial charge in [0.15, 0.2) is 0 Å². The quantitative estimate of drug-likeness (QED) is 0.860. The lowest BCUT2D eigenvalue weighted by molar-refractivity contribution is 0.111. The second-order valence-corrected chi connectivity index (χ2v) is 6.96. The lowest BCUT2D eigenvalue weighted by Crippen LogP contribution is -2.49. The number of aryl methyl sites for hydroxylation is 2. The Kier molecular flexibility index (Phi) is 4.44. The number of rotatable bonds is 3. The molecule has 0 N–H and O–H groups in total. The molecule has 126 valence electrons. The zero-order chi connectivity index (χ0) is 16.4. The fourth-order valence-corrected chi connectivity index (χ4v) is 3.89. The van der Waals surface area contributed by atoms with Gasteiger partial charge in [-0.1, -0.05) is 36.4 Å². The van der Waals surface area contributed by atoms with E-state index in [1.165, 1.54) is 16.8 Å². The molecular formula is C21H26N2O. The molecule has 1 fully saturated rings. The van der Waals surface area contributed by atoms with Gasteiger partial charge in [0.25, 0.3) is 0 Å². The topological polar surface area (TPSA) is 15.7 Å². The minimum atomic E-state index is 0.338. The highest BCUT2D eigenvalue weighted by Gasteiger charge is 2.24. The van der Waals surface area contributed by atoms with Crippen LogP contribution in [0.5, 0.6) is 5.75 Å². The van der Waals surface area contributed by atoms with Gasteiger partial charge >= 0.3 is 0 Å². The Hall–Kier alpha value is -2.00. The molecule has 1 saturated heterocycles. The summed E-state index contributed by atoms with van der Waals surface area (Å²) in [5.41, 5.74) is 4.12. The Morgan fingerprint density at radius 3 is 2.54 bits per heavy atom. The van der Waals surface area contributed by atoms with Crippen LogP contribution in [0.4, 0.5) is 5.69 Å². The molecule has 0 radical (unpaired) electrons. The van der Waals surface area contributed by atoms with Gasteiger partial charge in [-0.15, -0.1) is 0 Å². The maximum atomic E-state index is 6.21. The van der Waals surface area contributed by atoms with Gasteiger partial charge in [-0.25, -0.2) is 0 Å². The van der Waals surface area contributed by atoms with Crippen molar-refractivity contribution in [3.05, 3.63) is 59.7 Å². The molecule has 4 rings (SSSR count). The monoisotopic (exact) mass is 322 g/mol. The van der Waals surface area contributed by atoms with E-state index in [0.717, 1.165) is 51.3 Å². The standard InChI is InChI=1S/C21H26N2O/c1-17-6-2-4-8-20(17)23-14-12-22(13-15-23)16-19-11-10-18-7-3-5-9-21(18)24-19/h2-9,19H,10-16H2,1H3. The van der Waals surface area contributed by atoms with E-state index in [4.69, 9.17) is 4.74 Å². The van der Waals surface area contributed by atoms with Gasteiger partial charge in [0.1, 0.15) is 11.9 Å². The lowest BCUT2D eigenvalue weighted by atomic mass is 10.0. The third-order valence-electron chi connectivity index (χ3n) is 5.29. The van der Waals surface area contributed by atoms with Crippen molar-refractivity contribution in [3.8, 4) is 5.75 Å². The van der Waals surface area contributed by atoms with E-state index in [-0.39, 0.29) is 0 Å². The summed E-state index contributed by atoms with van der Waals surface area (Å²) in [6.45, 7) is 7.71. The first-order valence-electron chi connectivity index (χ1n) is 9.07. The van der Waals surface area contributed by atoms with Gasteiger partial charge in [0.05, 0.1) is 0 Å². The minimum Gasteiger partial charge on any atom is -0.489 e. The van der Waals surface area contributed by atoms with E-state index < -0.39 is 0 Å². The molecule has 0 spiro atoms. The van der Waals surface area contributed by atoms with Crippen LogP contribution in [-0.2, 0) is 6.42 Å². The summed E-state index contributed by atoms with van der Waals surface area (Å²) in [6, 6.07) is 17.2. The second-order valence-electron chi connectivity index (χ2n) is 6.96. The van der Waals surface area contributed by atoms with Crippen LogP contribution in [0.15, 0.2) is 48.5 Å². The molecule has 0 saturated carbocycles. The molecule has 24 heavy (non-hydrogen) atoms. The summed E-state index contributed by atoms with van der Waals surface area (Å²) >= 11 is 0. The average molecular weight is 322 g/mol. The summed E-state index contributed by atoms with van der Waals surface area (Å²) in [6.07, 6.45) is 2.61. The second kappa shape index (κ2) is 6.86. The van der Waals surface area contributed by atoms with Gasteiger partial charge in [0.2, 0.25) is 0 Å². The first-order valence-corrected chi connectivity index (χ1v) is 9.07. The van der Waals surface area contributed by atoms with Crippen molar-refractivity contribution >= 4 is 5.69 Å². The van der Waals surface area contributed by atoms with Crippen molar-refractivity contribution in [3.63, 3.8) is 0 Å². The summed E-state index contributed by atoms with van der Waals surface area (Å²) in [4.78, 5) is 5.08. The summed E-state index contributed by atoms with van der Waals surface area (Å²) in [7, 11) is 0. The van der Waals surface area contributed by atoms with Crippen molar-refractivity contribution in [2.75, 3.05) is 37.6 Å². The van der Waals surface area contributed by atoms with E-state index in [1.807, 2.05) is 0 Å². The molecule has 2 aromatic rings. The fraction of sp³-hybridized carbons (Fsp3) is 0.429. The predicted octanol–water partition coefficient (Wildman–Crippen LogP) is 3.51. The van der Waals surface area contributed by atoms with Crippen molar-refractivity contribution in [2.24, 2.45) is 0 Å². The van der Waals surface area contributed by atoms with Crippen LogP contribution < -0.4 is 9.64 Å². The fourth-order valence-electron chi connectivity index (χ4n) is 3.89. The average Bonchev–Trinajstić information content (AvgIpc) is 2.63. The van der Waals surface area contributed by atoms with Crippen molar-refractivity contribution in [2.45, 2.75) is 25.9 Å². The van der Waals surface area contributed by atoms with Crippen LogP contribution >= 0.6 is 0 Å². The van der Waals surface area contributed by atoms with Crippen molar-refractivity contribution in [1.82, 2.24) is 4.90 Å². The van der Waals surface area contributed by atoms with Crippen LogP contribution in [0.3, 0.4) is 0 Å². The predicted molar refractivity (Wildman–Crippen MR) is 99.0 cm³/mol. The molecule has 0 amide bonds. The Morgan fingerprint density at radius 2 is 1.71 bits per heavy atom. The van der Waals surface area contributed by atoms with Gasteiger partial charge in [0, 0.05) is 38.4 Å². The zero-order valence-electron chi connectivity index (χ0n) is 14.4. The lowest BCUT2D eigenvalue weighted by Gasteiger charge is -2.39. The van der Waals surface area contributed by atoms with Crippen molar-refractivity contribution in [1.29, 1.82) is 0 Å². The van der Waals surface area contributed by atoms with E-state index in [2.05, 4.69) is 65.3 Å². The number of fused-ring (bicyclic) bond motifs is 1. The van der Waals surface area contributed by atoms with Gasteiger partial charge in [-0.05, 0) is 43.0 Å². The molecule has 0 aliphatic carbocycles. The molecule has 2 heterocycles. The molecule has 3 nitrogen and oxygen atoms in total. The normalized spacial score (nSPS) is 21.2. The number of ether oxygens (including phenoxy) is 1. The smallest absolute Gasteiger partial charge is 0.122 e. The Labute approximate surface area is 144 Å². The summed E-state index contributed by atoms with van der Waals surface area (Å²) in [5.74, 6) is 1.09. The highest BCUT2D eigenvalue weighted by molar-refractivity contribution is 5.53. The molecule has 0 bridgehead atoms. The van der Waals surface area contributed by atoms with Crippen LogP contribution in [0.2, 0.25) is 0 Å². The first kappa shape index (κ1) is 15.5. The minimum absolute atomic E-state index is 0.338. The highest BCUT2D eigenvalue weighted by Crippen LogP contribution is 2.28. The Bertz CT molecular complexity index is 692. The maximum Gasteiger partial charge on any atom is 0.122 e. The third-order valence-corrected chi connectivity index (χ3v) is 5.29. The Balaban J connectivity index is 1.32. The third kappa shape index (κ3) is 3.27. The van der Waals surface area contributed by atoms with Gasteiger partial charge in [-0.2, -0.15) is 0 Å².